The van der Waals surface area contributed by atoms with Gasteiger partial charge in [-0.25, -0.2) is 0 Å². The molecule has 0 atom stereocenters. The van der Waals surface area contributed by atoms with E-state index in [1.807, 2.05) is 0 Å². The Balaban J connectivity index is 2.88. The van der Waals surface area contributed by atoms with Gasteiger partial charge in [-0.1, -0.05) is 90.9 Å². The predicted octanol–water partition coefficient (Wildman–Crippen LogP) is 6.08. The first-order valence-electron chi connectivity index (χ1n) is 9.12. The van der Waals surface area contributed by atoms with Crippen molar-refractivity contribution < 1.29 is 0 Å². The molecule has 0 unspecified atom stereocenters. The Labute approximate surface area is 122 Å². The van der Waals surface area contributed by atoms with E-state index < -0.39 is 0 Å². The third kappa shape index (κ3) is 18.0. The fourth-order valence-corrected chi connectivity index (χ4v) is 2.54. The van der Waals surface area contributed by atoms with Crippen LogP contribution >= 0.6 is 0 Å². The molecule has 0 aliphatic heterocycles. The quantitative estimate of drug-likeness (QED) is 0.335. The maximum absolute atomic E-state index is 3.58. The van der Waals surface area contributed by atoms with Gasteiger partial charge in [0.2, 0.25) is 0 Å². The van der Waals surface area contributed by atoms with Crippen molar-refractivity contribution in [3.05, 3.63) is 0 Å². The Hall–Kier alpha value is -0.0400. The summed E-state index contributed by atoms with van der Waals surface area (Å²) in [5.41, 5.74) is 0. The van der Waals surface area contributed by atoms with Crippen LogP contribution in [0, 0.1) is 0 Å². The Morgan fingerprint density at radius 1 is 0.421 bits per heavy atom. The molecule has 0 aliphatic carbocycles. The first-order valence-corrected chi connectivity index (χ1v) is 9.12. The average molecular weight is 270 g/mol. The van der Waals surface area contributed by atoms with E-state index in [1.54, 1.807) is 0 Å². The second-order valence-electron chi connectivity index (χ2n) is 5.99. The first-order chi connectivity index (χ1) is 9.41. The number of rotatable bonds is 16. The third-order valence-electron chi connectivity index (χ3n) is 3.91. The molecule has 1 N–H and O–H groups in total. The highest BCUT2D eigenvalue weighted by Gasteiger charge is 1.93. The zero-order valence-electron chi connectivity index (χ0n) is 13.8. The van der Waals surface area contributed by atoms with Crippen LogP contribution in [0.5, 0.6) is 0 Å². The number of hydrogen-bond acceptors (Lipinski definition) is 1. The van der Waals surface area contributed by atoms with Crippen molar-refractivity contribution in [1.82, 2.24) is 5.32 Å². The van der Waals surface area contributed by atoms with Crippen molar-refractivity contribution in [3.8, 4) is 0 Å². The maximum Gasteiger partial charge on any atom is -0.00489 e. The highest BCUT2D eigenvalue weighted by molar-refractivity contribution is 4.51. The Bertz CT molecular complexity index is 129. The van der Waals surface area contributed by atoms with E-state index >= 15 is 0 Å². The number of unbranched alkanes of at least 4 members (excludes halogenated alkanes) is 12. The fourth-order valence-electron chi connectivity index (χ4n) is 2.54. The Kier molecular flexibility index (Phi) is 17.9. The molecule has 116 valence electrons. The van der Waals surface area contributed by atoms with Crippen molar-refractivity contribution in [2.75, 3.05) is 13.1 Å². The second kappa shape index (κ2) is 18.0. The van der Waals surface area contributed by atoms with Crippen LogP contribution in [0.3, 0.4) is 0 Å². The van der Waals surface area contributed by atoms with Gasteiger partial charge in [0, 0.05) is 0 Å². The van der Waals surface area contributed by atoms with Crippen LogP contribution in [0.25, 0.3) is 0 Å². The summed E-state index contributed by atoms with van der Waals surface area (Å²) in [6.45, 7) is 7.04. The van der Waals surface area contributed by atoms with Crippen LogP contribution in [-0.2, 0) is 0 Å². The summed E-state index contributed by atoms with van der Waals surface area (Å²) in [7, 11) is 0. The molecule has 0 saturated heterocycles. The van der Waals surface area contributed by atoms with Gasteiger partial charge in [0.25, 0.3) is 0 Å². The second-order valence-corrected chi connectivity index (χ2v) is 5.99. The number of nitrogens with one attached hydrogen (secondary N) is 1. The van der Waals surface area contributed by atoms with Gasteiger partial charge in [-0.2, -0.15) is 0 Å². The molecule has 0 spiro atoms. The van der Waals surface area contributed by atoms with E-state index in [4.69, 9.17) is 0 Å². The number of hydrogen-bond donors (Lipinski definition) is 1. The molecule has 19 heavy (non-hydrogen) atoms. The predicted molar refractivity (Wildman–Crippen MR) is 88.9 cm³/mol. The zero-order chi connectivity index (χ0) is 14.0. The molecule has 1 nitrogen and oxygen atoms in total. The molecule has 0 rings (SSSR count). The van der Waals surface area contributed by atoms with E-state index in [1.165, 1.54) is 103 Å². The Morgan fingerprint density at radius 2 is 0.737 bits per heavy atom. The lowest BCUT2D eigenvalue weighted by Gasteiger charge is -2.05. The van der Waals surface area contributed by atoms with Gasteiger partial charge >= 0.3 is 0 Å². The van der Waals surface area contributed by atoms with Crippen LogP contribution in [0.4, 0.5) is 0 Å². The van der Waals surface area contributed by atoms with Crippen LogP contribution in [0.15, 0.2) is 0 Å². The minimum absolute atomic E-state index is 1.24. The molecule has 0 aromatic carbocycles. The van der Waals surface area contributed by atoms with Gasteiger partial charge < -0.3 is 5.32 Å². The van der Waals surface area contributed by atoms with E-state index in [-0.39, 0.29) is 0 Å². The summed E-state index contributed by atoms with van der Waals surface area (Å²) < 4.78 is 0. The molecule has 0 heterocycles. The molecule has 0 bridgehead atoms. The maximum atomic E-state index is 3.58. The topological polar surface area (TPSA) is 12.0 Å². The molecule has 0 aromatic rings. The molecular weight excluding hydrogens is 230 g/mol. The van der Waals surface area contributed by atoms with Gasteiger partial charge in [-0.05, 0) is 25.9 Å². The van der Waals surface area contributed by atoms with Gasteiger partial charge in [0.05, 0.1) is 0 Å². The molecule has 0 amide bonds. The molecule has 0 aliphatic rings. The molecule has 0 saturated carbocycles. The van der Waals surface area contributed by atoms with Crippen molar-refractivity contribution in [2.45, 2.75) is 104 Å². The van der Waals surface area contributed by atoms with Gasteiger partial charge in [-0.15, -0.1) is 0 Å². The molecule has 0 radical (unpaired) electrons. The third-order valence-corrected chi connectivity index (χ3v) is 3.91. The van der Waals surface area contributed by atoms with Crippen LogP contribution in [-0.4, -0.2) is 13.1 Å². The first kappa shape index (κ1) is 19.0. The van der Waals surface area contributed by atoms with E-state index in [2.05, 4.69) is 19.2 Å². The zero-order valence-corrected chi connectivity index (χ0v) is 13.8. The fraction of sp³-hybridized carbons (Fsp3) is 1.00. The van der Waals surface area contributed by atoms with E-state index in [9.17, 15) is 0 Å². The minimum atomic E-state index is 1.24. The lowest BCUT2D eigenvalue weighted by molar-refractivity contribution is 0.536. The molecular formula is C18H39N. The summed E-state index contributed by atoms with van der Waals surface area (Å²) in [5.74, 6) is 0. The Morgan fingerprint density at radius 3 is 1.11 bits per heavy atom. The lowest BCUT2D eigenvalue weighted by Crippen LogP contribution is -2.16. The molecule has 0 aromatic heterocycles. The monoisotopic (exact) mass is 269 g/mol. The van der Waals surface area contributed by atoms with Crippen molar-refractivity contribution in [3.63, 3.8) is 0 Å². The van der Waals surface area contributed by atoms with Crippen LogP contribution in [0.2, 0.25) is 0 Å². The smallest absolute Gasteiger partial charge is 0.00489 e. The normalized spacial score (nSPS) is 11.1. The van der Waals surface area contributed by atoms with Gasteiger partial charge in [-0.3, -0.25) is 0 Å². The highest BCUT2D eigenvalue weighted by Crippen LogP contribution is 2.09. The van der Waals surface area contributed by atoms with Crippen molar-refractivity contribution in [2.24, 2.45) is 0 Å². The van der Waals surface area contributed by atoms with Crippen LogP contribution in [0.1, 0.15) is 104 Å². The summed E-state index contributed by atoms with van der Waals surface area (Å²) in [6.07, 6.45) is 19.9. The summed E-state index contributed by atoms with van der Waals surface area (Å²) in [6, 6.07) is 0. The van der Waals surface area contributed by atoms with E-state index in [0.717, 1.165) is 0 Å². The minimum Gasteiger partial charge on any atom is -0.317 e. The summed E-state index contributed by atoms with van der Waals surface area (Å²) >= 11 is 0. The largest absolute Gasteiger partial charge is 0.317 e. The highest BCUT2D eigenvalue weighted by atomic mass is 14.8. The van der Waals surface area contributed by atoms with E-state index in [0.29, 0.717) is 0 Å². The van der Waals surface area contributed by atoms with Crippen molar-refractivity contribution >= 4 is 0 Å². The molecule has 1 heteroatoms. The summed E-state index contributed by atoms with van der Waals surface area (Å²) in [4.78, 5) is 0. The molecule has 0 fully saturated rings. The SMILES string of the molecule is CCCCCCCCCCCNCCCCCCC. The standard InChI is InChI=1S/C18H39N/c1-3-5-7-9-10-11-12-14-16-18-19-17-15-13-8-6-4-2/h19H,3-18H2,1-2H3. The van der Waals surface area contributed by atoms with Crippen LogP contribution < -0.4 is 5.32 Å². The summed E-state index contributed by atoms with van der Waals surface area (Å²) in [5, 5.41) is 3.58. The lowest BCUT2D eigenvalue weighted by atomic mass is 10.1. The average Bonchev–Trinajstić information content (AvgIpc) is 2.43. The van der Waals surface area contributed by atoms with Gasteiger partial charge in [0.1, 0.15) is 0 Å². The van der Waals surface area contributed by atoms with Gasteiger partial charge in [0.15, 0.2) is 0 Å². The van der Waals surface area contributed by atoms with Crippen molar-refractivity contribution in [1.29, 1.82) is 0 Å².